The summed E-state index contributed by atoms with van der Waals surface area (Å²) in [6, 6.07) is 0. The molecule has 1 aliphatic heterocycles. The molecule has 17 heavy (non-hydrogen) atoms. The van der Waals surface area contributed by atoms with Crippen molar-refractivity contribution in [2.24, 2.45) is 11.8 Å². The summed E-state index contributed by atoms with van der Waals surface area (Å²) < 4.78 is 0. The first-order valence-electron chi connectivity index (χ1n) is 7.23. The molecule has 0 aromatic rings. The molecule has 1 N–H and O–H groups in total. The Morgan fingerprint density at radius 1 is 1.29 bits per heavy atom. The van der Waals surface area contributed by atoms with Gasteiger partial charge < -0.3 is 4.90 Å². The van der Waals surface area contributed by atoms with Gasteiger partial charge in [-0.2, -0.15) is 0 Å². The lowest BCUT2D eigenvalue weighted by Crippen LogP contribution is -2.41. The van der Waals surface area contributed by atoms with Crippen LogP contribution in [0.5, 0.6) is 0 Å². The molecule has 98 valence electrons. The van der Waals surface area contributed by atoms with Gasteiger partial charge in [0, 0.05) is 6.54 Å². The fourth-order valence-corrected chi connectivity index (χ4v) is 3.14. The number of carbonyl (C=O) groups excluding carboxylic acids is 1. The van der Waals surface area contributed by atoms with Gasteiger partial charge in [0.1, 0.15) is 0 Å². The van der Waals surface area contributed by atoms with Crippen LogP contribution in [0.1, 0.15) is 52.4 Å². The molecule has 0 aromatic carbocycles. The zero-order chi connectivity index (χ0) is 12.3. The van der Waals surface area contributed by atoms with Crippen molar-refractivity contribution < 1.29 is 4.79 Å². The predicted octanol–water partition coefficient (Wildman–Crippen LogP) is 2.37. The first-order chi connectivity index (χ1) is 8.20. The van der Waals surface area contributed by atoms with Crippen LogP contribution in [0.4, 0.5) is 0 Å². The maximum absolute atomic E-state index is 11.9. The van der Waals surface area contributed by atoms with Crippen molar-refractivity contribution in [1.82, 2.24) is 10.2 Å². The van der Waals surface area contributed by atoms with E-state index in [1.165, 1.54) is 25.7 Å². The highest BCUT2D eigenvalue weighted by Crippen LogP contribution is 2.29. The van der Waals surface area contributed by atoms with Crippen molar-refractivity contribution in [3.05, 3.63) is 0 Å². The van der Waals surface area contributed by atoms with Gasteiger partial charge in [0.15, 0.2) is 0 Å². The fraction of sp³-hybridized carbons (Fsp3) is 0.929. The lowest BCUT2D eigenvalue weighted by molar-refractivity contribution is -0.128. The molecule has 0 bridgehead atoms. The molecule has 3 nitrogen and oxygen atoms in total. The molecule has 0 spiro atoms. The summed E-state index contributed by atoms with van der Waals surface area (Å²) in [5.41, 5.74) is 0. The summed E-state index contributed by atoms with van der Waals surface area (Å²) in [5.74, 6) is 1.95. The number of hydrogen-bond donors (Lipinski definition) is 1. The monoisotopic (exact) mass is 238 g/mol. The molecular weight excluding hydrogens is 212 g/mol. The zero-order valence-electron chi connectivity index (χ0n) is 11.2. The topological polar surface area (TPSA) is 32.3 Å². The van der Waals surface area contributed by atoms with Crippen LogP contribution in [0, 0.1) is 11.8 Å². The summed E-state index contributed by atoms with van der Waals surface area (Å²) in [6.07, 6.45) is 7.86. The third-order valence-electron chi connectivity index (χ3n) is 4.34. The Labute approximate surface area is 105 Å². The summed E-state index contributed by atoms with van der Waals surface area (Å²) in [7, 11) is 0. The van der Waals surface area contributed by atoms with Crippen molar-refractivity contribution in [3.63, 3.8) is 0 Å². The summed E-state index contributed by atoms with van der Waals surface area (Å²) in [4.78, 5) is 14.0. The number of amides is 1. The average molecular weight is 238 g/mol. The normalized spacial score (nSPS) is 34.4. The Kier molecular flexibility index (Phi) is 4.43. The molecule has 0 aromatic heterocycles. The molecule has 2 aliphatic rings. The van der Waals surface area contributed by atoms with E-state index in [9.17, 15) is 4.79 Å². The molecule has 1 heterocycles. The van der Waals surface area contributed by atoms with E-state index in [0.29, 0.717) is 18.6 Å². The minimum atomic E-state index is 0.307. The van der Waals surface area contributed by atoms with E-state index in [0.717, 1.165) is 31.2 Å². The SMILES string of the molecule is CCCC1NCC(=O)N1CC1CCC(C)CC1. The number of carbonyl (C=O) groups is 1. The molecule has 0 radical (unpaired) electrons. The number of hydrogen-bond acceptors (Lipinski definition) is 2. The quantitative estimate of drug-likeness (QED) is 0.815. The van der Waals surface area contributed by atoms with E-state index in [1.54, 1.807) is 0 Å². The van der Waals surface area contributed by atoms with Crippen LogP contribution in [0.3, 0.4) is 0 Å². The molecule has 2 rings (SSSR count). The Bertz CT molecular complexity index is 259. The van der Waals surface area contributed by atoms with Crippen LogP contribution >= 0.6 is 0 Å². The molecule has 1 amide bonds. The Balaban J connectivity index is 1.85. The van der Waals surface area contributed by atoms with E-state index in [2.05, 4.69) is 24.1 Å². The number of nitrogens with zero attached hydrogens (tertiary/aromatic N) is 1. The molecule has 1 unspecified atom stereocenters. The summed E-state index contributed by atoms with van der Waals surface area (Å²) in [5, 5.41) is 3.33. The second-order valence-electron chi connectivity index (χ2n) is 5.86. The second-order valence-corrected chi connectivity index (χ2v) is 5.86. The smallest absolute Gasteiger partial charge is 0.237 e. The van der Waals surface area contributed by atoms with Gasteiger partial charge in [-0.05, 0) is 31.1 Å². The molecule has 1 aliphatic carbocycles. The van der Waals surface area contributed by atoms with E-state index in [4.69, 9.17) is 0 Å². The Hall–Kier alpha value is -0.570. The van der Waals surface area contributed by atoms with Crippen LogP contribution in [0.15, 0.2) is 0 Å². The van der Waals surface area contributed by atoms with E-state index in [-0.39, 0.29) is 0 Å². The molecule has 2 fully saturated rings. The standard InChI is InChI=1S/C14H26N2O/c1-3-4-13-15-9-14(17)16(13)10-12-7-5-11(2)6-8-12/h11-13,15H,3-10H2,1-2H3. The van der Waals surface area contributed by atoms with Crippen molar-refractivity contribution in [3.8, 4) is 0 Å². The first kappa shape index (κ1) is 12.9. The Morgan fingerprint density at radius 2 is 2.00 bits per heavy atom. The molecular formula is C14H26N2O. The average Bonchev–Trinajstić information content (AvgIpc) is 2.65. The van der Waals surface area contributed by atoms with Crippen molar-refractivity contribution in [1.29, 1.82) is 0 Å². The van der Waals surface area contributed by atoms with Crippen LogP contribution in [-0.4, -0.2) is 30.1 Å². The van der Waals surface area contributed by atoms with Gasteiger partial charge in [-0.1, -0.05) is 33.1 Å². The van der Waals surface area contributed by atoms with Gasteiger partial charge in [0.05, 0.1) is 12.7 Å². The molecule has 1 saturated carbocycles. The van der Waals surface area contributed by atoms with Crippen molar-refractivity contribution in [2.75, 3.05) is 13.1 Å². The largest absolute Gasteiger partial charge is 0.326 e. The third kappa shape index (κ3) is 3.21. The van der Waals surface area contributed by atoms with Crippen LogP contribution in [0.25, 0.3) is 0 Å². The highest BCUT2D eigenvalue weighted by molar-refractivity contribution is 5.80. The van der Waals surface area contributed by atoms with E-state index < -0.39 is 0 Å². The van der Waals surface area contributed by atoms with E-state index >= 15 is 0 Å². The second kappa shape index (κ2) is 5.85. The maximum Gasteiger partial charge on any atom is 0.237 e. The van der Waals surface area contributed by atoms with Gasteiger partial charge >= 0.3 is 0 Å². The lowest BCUT2D eigenvalue weighted by Gasteiger charge is -2.32. The molecule has 1 atom stereocenters. The predicted molar refractivity (Wildman–Crippen MR) is 69.5 cm³/mol. The number of nitrogens with one attached hydrogen (secondary N) is 1. The van der Waals surface area contributed by atoms with Crippen LogP contribution in [0.2, 0.25) is 0 Å². The summed E-state index contributed by atoms with van der Waals surface area (Å²) in [6.45, 7) is 6.07. The number of rotatable bonds is 4. The van der Waals surface area contributed by atoms with Gasteiger partial charge in [-0.15, -0.1) is 0 Å². The first-order valence-corrected chi connectivity index (χ1v) is 7.23. The zero-order valence-corrected chi connectivity index (χ0v) is 11.2. The van der Waals surface area contributed by atoms with Gasteiger partial charge in [0.2, 0.25) is 5.91 Å². The molecule has 1 saturated heterocycles. The van der Waals surface area contributed by atoms with Gasteiger partial charge in [-0.3, -0.25) is 10.1 Å². The van der Waals surface area contributed by atoms with Crippen LogP contribution in [-0.2, 0) is 4.79 Å². The van der Waals surface area contributed by atoms with Gasteiger partial charge in [-0.25, -0.2) is 0 Å². The maximum atomic E-state index is 11.9. The summed E-state index contributed by atoms with van der Waals surface area (Å²) >= 11 is 0. The van der Waals surface area contributed by atoms with E-state index in [1.807, 2.05) is 0 Å². The highest BCUT2D eigenvalue weighted by atomic mass is 16.2. The lowest BCUT2D eigenvalue weighted by atomic mass is 9.83. The third-order valence-corrected chi connectivity index (χ3v) is 4.34. The Morgan fingerprint density at radius 3 is 2.65 bits per heavy atom. The highest BCUT2D eigenvalue weighted by Gasteiger charge is 2.32. The van der Waals surface area contributed by atoms with Crippen molar-refractivity contribution >= 4 is 5.91 Å². The van der Waals surface area contributed by atoms with Gasteiger partial charge in [0.25, 0.3) is 0 Å². The fourth-order valence-electron chi connectivity index (χ4n) is 3.14. The minimum Gasteiger partial charge on any atom is -0.326 e. The van der Waals surface area contributed by atoms with Crippen molar-refractivity contribution in [2.45, 2.75) is 58.5 Å². The molecule has 3 heteroatoms. The van der Waals surface area contributed by atoms with Crippen LogP contribution < -0.4 is 5.32 Å². The minimum absolute atomic E-state index is 0.307.